The van der Waals surface area contributed by atoms with Gasteiger partial charge in [0.2, 0.25) is 5.95 Å². The molecule has 11 aromatic rings. The minimum atomic E-state index is 0.583. The van der Waals surface area contributed by atoms with Crippen LogP contribution in [0.5, 0.6) is 0 Å². The summed E-state index contributed by atoms with van der Waals surface area (Å²) >= 11 is 1.82. The summed E-state index contributed by atoms with van der Waals surface area (Å²) in [6.45, 7) is 0. The molecule has 3 heterocycles. The molecule has 0 saturated carbocycles. The molecular weight excluding hydrogens is 701 g/mol. The Bertz CT molecular complexity index is 3220. The Hall–Kier alpha value is -7.21. The Morgan fingerprint density at radius 1 is 0.339 bits per heavy atom. The molecule has 0 atom stereocenters. The van der Waals surface area contributed by atoms with Crippen molar-refractivity contribution < 1.29 is 0 Å². The van der Waals surface area contributed by atoms with Gasteiger partial charge in [0.25, 0.3) is 0 Å². The van der Waals surface area contributed by atoms with E-state index in [0.29, 0.717) is 17.6 Å². The van der Waals surface area contributed by atoms with Gasteiger partial charge in [0.15, 0.2) is 11.6 Å². The van der Waals surface area contributed by atoms with Gasteiger partial charge in [-0.2, -0.15) is 9.97 Å². The Morgan fingerprint density at radius 3 is 1.57 bits per heavy atom. The van der Waals surface area contributed by atoms with Crippen LogP contribution in [0.4, 0.5) is 0 Å². The van der Waals surface area contributed by atoms with E-state index in [1.54, 1.807) is 0 Å². The molecule has 0 aliphatic rings. The van der Waals surface area contributed by atoms with E-state index in [2.05, 4.69) is 187 Å². The maximum Gasteiger partial charge on any atom is 0.238 e. The van der Waals surface area contributed by atoms with Crippen molar-refractivity contribution in [1.82, 2.24) is 19.5 Å². The normalized spacial score (nSPS) is 11.6. The summed E-state index contributed by atoms with van der Waals surface area (Å²) in [5.74, 6) is 1.82. The molecule has 0 bridgehead atoms. The van der Waals surface area contributed by atoms with Gasteiger partial charge >= 0.3 is 0 Å². The first kappa shape index (κ1) is 32.2. The zero-order valence-corrected chi connectivity index (χ0v) is 31.0. The third-order valence-corrected chi connectivity index (χ3v) is 11.9. The number of nitrogens with zero attached hydrogens (tertiary/aromatic N) is 4. The summed E-state index contributed by atoms with van der Waals surface area (Å²) in [6.07, 6.45) is 0. The van der Waals surface area contributed by atoms with Gasteiger partial charge in [0.1, 0.15) is 0 Å². The lowest BCUT2D eigenvalue weighted by atomic mass is 10.0. The van der Waals surface area contributed by atoms with Crippen LogP contribution >= 0.6 is 11.3 Å². The lowest BCUT2D eigenvalue weighted by molar-refractivity contribution is 0.955. The average molecular weight is 733 g/mol. The molecular formula is C51H32N4S. The fraction of sp³-hybridized carbons (Fsp3) is 0. The summed E-state index contributed by atoms with van der Waals surface area (Å²) in [5.41, 5.74) is 10.9. The first-order valence-electron chi connectivity index (χ1n) is 18.8. The average Bonchev–Trinajstić information content (AvgIpc) is 3.83. The van der Waals surface area contributed by atoms with Crippen molar-refractivity contribution in [2.24, 2.45) is 0 Å². The zero-order valence-electron chi connectivity index (χ0n) is 30.2. The van der Waals surface area contributed by atoms with Crippen molar-refractivity contribution in [3.8, 4) is 62.1 Å². The molecule has 0 N–H and O–H groups in total. The van der Waals surface area contributed by atoms with Crippen molar-refractivity contribution in [3.05, 3.63) is 194 Å². The van der Waals surface area contributed by atoms with E-state index in [1.165, 1.54) is 42.2 Å². The summed E-state index contributed by atoms with van der Waals surface area (Å²) < 4.78 is 4.73. The van der Waals surface area contributed by atoms with E-state index in [0.717, 1.165) is 44.2 Å². The fourth-order valence-corrected chi connectivity index (χ4v) is 9.17. The highest BCUT2D eigenvalue weighted by molar-refractivity contribution is 7.26. The molecule has 0 aliphatic carbocycles. The molecule has 4 nitrogen and oxygen atoms in total. The van der Waals surface area contributed by atoms with Gasteiger partial charge in [-0.05, 0) is 57.6 Å². The molecule has 56 heavy (non-hydrogen) atoms. The second-order valence-corrected chi connectivity index (χ2v) is 15.1. The predicted octanol–water partition coefficient (Wildman–Crippen LogP) is 13.7. The van der Waals surface area contributed by atoms with Crippen molar-refractivity contribution in [2.45, 2.75) is 0 Å². The second-order valence-electron chi connectivity index (χ2n) is 14.0. The third kappa shape index (κ3) is 5.48. The van der Waals surface area contributed by atoms with E-state index in [1.807, 2.05) is 23.5 Å². The molecule has 0 spiro atoms. The second kappa shape index (κ2) is 13.3. The molecule has 0 fully saturated rings. The smallest absolute Gasteiger partial charge is 0.238 e. The third-order valence-electron chi connectivity index (χ3n) is 10.7. The number of hydrogen-bond donors (Lipinski definition) is 0. The maximum atomic E-state index is 5.36. The standard InChI is InChI=1S/C51H32N4S/c1-4-13-33(14-5-1)36-23-25-37(26-24-36)49-52-50(40-20-12-19-38(31-40)34-15-6-2-7-16-34)54-51(53-49)55-45-30-27-39(35-17-8-3-9-18-35)32-44(45)42-28-29-43-41-21-10-11-22-46(41)56-48(43)47(42)55/h1-32H. The summed E-state index contributed by atoms with van der Waals surface area (Å²) in [4.78, 5) is 15.9. The van der Waals surface area contributed by atoms with Gasteiger partial charge in [0, 0.05) is 37.4 Å². The fourth-order valence-electron chi connectivity index (χ4n) is 7.93. The molecule has 0 saturated heterocycles. The summed E-state index contributed by atoms with van der Waals surface area (Å²) in [6, 6.07) is 68.5. The topological polar surface area (TPSA) is 43.6 Å². The minimum absolute atomic E-state index is 0.583. The number of hydrogen-bond acceptors (Lipinski definition) is 4. The molecule has 8 aromatic carbocycles. The quantitative estimate of drug-likeness (QED) is 0.171. The highest BCUT2D eigenvalue weighted by Crippen LogP contribution is 2.43. The first-order valence-corrected chi connectivity index (χ1v) is 19.6. The number of thiophene rings is 1. The molecule has 5 heteroatoms. The van der Waals surface area contributed by atoms with E-state index < -0.39 is 0 Å². The van der Waals surface area contributed by atoms with Crippen LogP contribution in [0.1, 0.15) is 0 Å². The van der Waals surface area contributed by atoms with Crippen LogP contribution < -0.4 is 0 Å². The Labute approximate surface area is 327 Å². The van der Waals surface area contributed by atoms with Gasteiger partial charge in [-0.1, -0.05) is 170 Å². The van der Waals surface area contributed by atoms with Gasteiger partial charge in [-0.3, -0.25) is 4.57 Å². The Kier molecular flexibility index (Phi) is 7.64. The van der Waals surface area contributed by atoms with E-state index in [-0.39, 0.29) is 0 Å². The van der Waals surface area contributed by atoms with Crippen LogP contribution in [0, 0.1) is 0 Å². The maximum absolute atomic E-state index is 5.36. The van der Waals surface area contributed by atoms with Gasteiger partial charge in [-0.15, -0.1) is 11.3 Å². The SMILES string of the molecule is c1ccc(-c2ccc(-c3nc(-c4cccc(-c5ccccc5)c4)nc(-n4c5ccc(-c6ccccc6)cc5c5ccc6c7ccccc7sc6c54)n3)cc2)cc1. The molecule has 0 aliphatic heterocycles. The van der Waals surface area contributed by atoms with Crippen LogP contribution in [0.15, 0.2) is 194 Å². The zero-order chi connectivity index (χ0) is 37.0. The largest absolute Gasteiger partial charge is 0.276 e. The predicted molar refractivity (Wildman–Crippen MR) is 234 cm³/mol. The molecule has 0 radical (unpaired) electrons. The van der Waals surface area contributed by atoms with Gasteiger partial charge in [-0.25, -0.2) is 4.98 Å². The van der Waals surface area contributed by atoms with Crippen molar-refractivity contribution in [2.75, 3.05) is 0 Å². The van der Waals surface area contributed by atoms with E-state index >= 15 is 0 Å². The first-order chi connectivity index (χ1) is 27.7. The minimum Gasteiger partial charge on any atom is -0.276 e. The lowest BCUT2D eigenvalue weighted by Crippen LogP contribution is -2.06. The van der Waals surface area contributed by atoms with Crippen molar-refractivity contribution in [1.29, 1.82) is 0 Å². The van der Waals surface area contributed by atoms with Crippen LogP contribution in [0.2, 0.25) is 0 Å². The number of rotatable bonds is 6. The molecule has 0 amide bonds. The van der Waals surface area contributed by atoms with Crippen LogP contribution in [-0.4, -0.2) is 19.5 Å². The van der Waals surface area contributed by atoms with Gasteiger partial charge in [0.05, 0.1) is 15.7 Å². The summed E-state index contributed by atoms with van der Waals surface area (Å²) in [5, 5.41) is 4.80. The van der Waals surface area contributed by atoms with E-state index in [4.69, 9.17) is 15.0 Å². The van der Waals surface area contributed by atoms with Crippen LogP contribution in [0.3, 0.4) is 0 Å². The number of benzene rings is 8. The summed E-state index contributed by atoms with van der Waals surface area (Å²) in [7, 11) is 0. The molecule has 11 rings (SSSR count). The Balaban J connectivity index is 1.19. The molecule has 0 unspecified atom stereocenters. The van der Waals surface area contributed by atoms with Crippen molar-refractivity contribution >= 4 is 53.3 Å². The lowest BCUT2D eigenvalue weighted by Gasteiger charge is -2.12. The highest BCUT2D eigenvalue weighted by Gasteiger charge is 2.22. The van der Waals surface area contributed by atoms with Crippen LogP contribution in [0.25, 0.3) is 104 Å². The van der Waals surface area contributed by atoms with Gasteiger partial charge < -0.3 is 0 Å². The van der Waals surface area contributed by atoms with Crippen molar-refractivity contribution in [3.63, 3.8) is 0 Å². The monoisotopic (exact) mass is 732 g/mol. The number of fused-ring (bicyclic) bond motifs is 7. The van der Waals surface area contributed by atoms with E-state index in [9.17, 15) is 0 Å². The van der Waals surface area contributed by atoms with Crippen LogP contribution in [-0.2, 0) is 0 Å². The Morgan fingerprint density at radius 2 is 0.857 bits per heavy atom. The highest BCUT2D eigenvalue weighted by atomic mass is 32.1. The number of aromatic nitrogens is 4. The molecule has 262 valence electrons. The molecule has 3 aromatic heterocycles.